The summed E-state index contributed by atoms with van der Waals surface area (Å²) in [6, 6.07) is 58.9. The summed E-state index contributed by atoms with van der Waals surface area (Å²) in [5.74, 6) is 0. The second kappa shape index (κ2) is 11.1. The maximum Gasteiger partial charge on any atom is 0.101 e. The van der Waals surface area contributed by atoms with Gasteiger partial charge < -0.3 is 4.57 Å². The number of fused-ring (bicyclic) bond motifs is 3. The Hall–Kier alpha value is -6.24. The highest BCUT2D eigenvalue weighted by Gasteiger charge is 2.21. The maximum atomic E-state index is 10.8. The first-order chi connectivity index (χ1) is 22.3. The molecule has 0 N–H and O–H groups in total. The molecular formula is C42H27N3. The molecule has 0 aliphatic carbocycles. The van der Waals surface area contributed by atoms with Gasteiger partial charge in [0.15, 0.2) is 0 Å². The zero-order chi connectivity index (χ0) is 30.2. The van der Waals surface area contributed by atoms with Crippen LogP contribution >= 0.6 is 0 Å². The molecule has 2 heterocycles. The molecule has 8 rings (SSSR count). The predicted molar refractivity (Wildman–Crippen MR) is 185 cm³/mol. The van der Waals surface area contributed by atoms with Crippen molar-refractivity contribution >= 4 is 21.8 Å². The lowest BCUT2D eigenvalue weighted by molar-refractivity contribution is 1.17. The summed E-state index contributed by atoms with van der Waals surface area (Å²) in [5, 5.41) is 13.1. The molecule has 0 fully saturated rings. The van der Waals surface area contributed by atoms with Crippen LogP contribution in [-0.4, -0.2) is 9.55 Å². The Morgan fingerprint density at radius 3 is 1.51 bits per heavy atom. The molecule has 0 aliphatic rings. The van der Waals surface area contributed by atoms with E-state index in [9.17, 15) is 5.26 Å². The summed E-state index contributed by atoms with van der Waals surface area (Å²) >= 11 is 0. The second-order valence-electron chi connectivity index (χ2n) is 11.1. The van der Waals surface area contributed by atoms with E-state index in [4.69, 9.17) is 4.98 Å². The van der Waals surface area contributed by atoms with E-state index in [-0.39, 0.29) is 0 Å². The zero-order valence-electron chi connectivity index (χ0n) is 24.4. The number of nitrogens with zero attached hydrogens (tertiary/aromatic N) is 3. The number of aromatic nitrogens is 2. The number of pyridine rings is 1. The smallest absolute Gasteiger partial charge is 0.101 e. The molecule has 2 aromatic heterocycles. The van der Waals surface area contributed by atoms with E-state index in [0.29, 0.717) is 5.56 Å². The van der Waals surface area contributed by atoms with E-state index in [2.05, 4.69) is 126 Å². The van der Waals surface area contributed by atoms with Crippen LogP contribution < -0.4 is 0 Å². The summed E-state index contributed by atoms with van der Waals surface area (Å²) in [4.78, 5) is 5.19. The Balaban J connectivity index is 1.44. The van der Waals surface area contributed by atoms with Crippen molar-refractivity contribution in [3.63, 3.8) is 0 Å². The van der Waals surface area contributed by atoms with Crippen molar-refractivity contribution in [1.82, 2.24) is 9.55 Å². The van der Waals surface area contributed by atoms with Gasteiger partial charge in [0, 0.05) is 27.5 Å². The number of benzene rings is 6. The van der Waals surface area contributed by atoms with E-state index in [0.717, 1.165) is 72.3 Å². The Kier molecular flexibility index (Phi) is 6.52. The molecule has 0 saturated carbocycles. The number of rotatable bonds is 5. The van der Waals surface area contributed by atoms with Gasteiger partial charge in [-0.25, -0.2) is 4.98 Å². The molecule has 8 aromatic rings. The lowest BCUT2D eigenvalue weighted by Gasteiger charge is -2.18. The zero-order valence-corrected chi connectivity index (χ0v) is 24.4. The van der Waals surface area contributed by atoms with Crippen LogP contribution in [0.5, 0.6) is 0 Å². The third kappa shape index (κ3) is 4.66. The molecule has 45 heavy (non-hydrogen) atoms. The molecule has 3 heteroatoms. The van der Waals surface area contributed by atoms with Crippen LogP contribution in [0.25, 0.3) is 72.3 Å². The minimum absolute atomic E-state index is 0.589. The largest absolute Gasteiger partial charge is 0.307 e. The minimum atomic E-state index is 0.589. The van der Waals surface area contributed by atoms with Gasteiger partial charge in [0.1, 0.15) is 6.07 Å². The first kappa shape index (κ1) is 26.4. The normalized spacial score (nSPS) is 11.1. The molecule has 0 saturated heterocycles. The van der Waals surface area contributed by atoms with Crippen LogP contribution in [0.4, 0.5) is 0 Å². The first-order valence-electron chi connectivity index (χ1n) is 15.0. The maximum absolute atomic E-state index is 10.8. The van der Waals surface area contributed by atoms with Gasteiger partial charge in [-0.15, -0.1) is 0 Å². The summed E-state index contributed by atoms with van der Waals surface area (Å²) in [7, 11) is 0. The predicted octanol–water partition coefficient (Wildman–Crippen LogP) is 10.7. The van der Waals surface area contributed by atoms with Gasteiger partial charge >= 0.3 is 0 Å². The Morgan fingerprint density at radius 1 is 0.444 bits per heavy atom. The molecule has 6 aromatic carbocycles. The molecular weight excluding hydrogens is 546 g/mol. The number of nitriles is 1. The van der Waals surface area contributed by atoms with Crippen molar-refractivity contribution in [1.29, 1.82) is 5.26 Å². The van der Waals surface area contributed by atoms with Gasteiger partial charge in [-0.3, -0.25) is 0 Å². The van der Waals surface area contributed by atoms with Crippen LogP contribution in [0, 0.1) is 11.3 Å². The van der Waals surface area contributed by atoms with Gasteiger partial charge in [0.25, 0.3) is 0 Å². The lowest BCUT2D eigenvalue weighted by atomic mass is 9.94. The van der Waals surface area contributed by atoms with Gasteiger partial charge in [0.2, 0.25) is 0 Å². The fourth-order valence-electron chi connectivity index (χ4n) is 6.34. The van der Waals surface area contributed by atoms with Crippen molar-refractivity contribution < 1.29 is 0 Å². The van der Waals surface area contributed by atoms with Crippen molar-refractivity contribution in [2.24, 2.45) is 0 Å². The lowest BCUT2D eigenvalue weighted by Crippen LogP contribution is -2.02. The molecule has 0 spiro atoms. The highest BCUT2D eigenvalue weighted by atomic mass is 15.0. The molecule has 0 atom stereocenters. The monoisotopic (exact) mass is 573 g/mol. The van der Waals surface area contributed by atoms with Gasteiger partial charge in [-0.2, -0.15) is 5.26 Å². The average Bonchev–Trinajstić information content (AvgIpc) is 3.46. The quantitative estimate of drug-likeness (QED) is 0.205. The first-order valence-corrected chi connectivity index (χ1v) is 15.0. The van der Waals surface area contributed by atoms with E-state index in [1.165, 1.54) is 0 Å². The fourth-order valence-corrected chi connectivity index (χ4v) is 6.34. The minimum Gasteiger partial charge on any atom is -0.307 e. The molecule has 3 nitrogen and oxygen atoms in total. The van der Waals surface area contributed by atoms with Crippen LogP contribution in [0.1, 0.15) is 5.56 Å². The third-order valence-electron chi connectivity index (χ3n) is 8.42. The Labute approximate surface area is 261 Å². The van der Waals surface area contributed by atoms with E-state index in [1.807, 2.05) is 48.5 Å². The topological polar surface area (TPSA) is 41.6 Å². The molecule has 0 radical (unpaired) electrons. The van der Waals surface area contributed by atoms with E-state index in [1.54, 1.807) is 0 Å². The fraction of sp³-hybridized carbons (Fsp3) is 0. The summed E-state index contributed by atoms with van der Waals surface area (Å²) < 4.78 is 2.25. The molecule has 0 bridgehead atoms. The van der Waals surface area contributed by atoms with Crippen LogP contribution in [0.3, 0.4) is 0 Å². The molecule has 0 aliphatic heterocycles. The van der Waals surface area contributed by atoms with Crippen LogP contribution in [0.15, 0.2) is 164 Å². The highest BCUT2D eigenvalue weighted by Crippen LogP contribution is 2.40. The summed E-state index contributed by atoms with van der Waals surface area (Å²) in [6.45, 7) is 0. The van der Waals surface area contributed by atoms with Crippen molar-refractivity contribution in [2.75, 3.05) is 0 Å². The van der Waals surface area contributed by atoms with Crippen LogP contribution in [0.2, 0.25) is 0 Å². The third-order valence-corrected chi connectivity index (χ3v) is 8.42. The van der Waals surface area contributed by atoms with Crippen LogP contribution in [-0.2, 0) is 0 Å². The van der Waals surface area contributed by atoms with Gasteiger partial charge in [-0.1, -0.05) is 127 Å². The highest BCUT2D eigenvalue weighted by molar-refractivity contribution is 6.10. The number of hydrogen-bond acceptors (Lipinski definition) is 2. The average molecular weight is 574 g/mol. The number of para-hydroxylation sites is 2. The number of hydrogen-bond donors (Lipinski definition) is 0. The molecule has 0 amide bonds. The van der Waals surface area contributed by atoms with Gasteiger partial charge in [-0.05, 0) is 53.1 Å². The Bertz CT molecular complexity index is 2250. The standard InChI is InChI=1S/C42H27N3/c43-28-34-24-33(39-27-32(29-14-4-1-5-15-29)26-38(44-39)31-18-8-3-9-19-31)25-37(30-16-6-2-7-17-30)42(34)45-40-22-12-10-20-35(40)36-21-11-13-23-41(36)45/h1-27H. The Morgan fingerprint density at radius 2 is 0.933 bits per heavy atom. The van der Waals surface area contributed by atoms with Crippen molar-refractivity contribution in [3.05, 3.63) is 169 Å². The molecule has 0 unspecified atom stereocenters. The SMILES string of the molecule is N#Cc1cc(-c2cc(-c3ccccc3)cc(-c3ccccc3)n2)cc(-c2ccccc2)c1-n1c2ccccc2c2ccccc21. The van der Waals surface area contributed by atoms with E-state index < -0.39 is 0 Å². The summed E-state index contributed by atoms with van der Waals surface area (Å²) in [6.07, 6.45) is 0. The van der Waals surface area contributed by atoms with Crippen molar-refractivity contribution in [2.45, 2.75) is 0 Å². The second-order valence-corrected chi connectivity index (χ2v) is 11.1. The van der Waals surface area contributed by atoms with Crippen molar-refractivity contribution in [3.8, 4) is 56.5 Å². The summed E-state index contributed by atoms with van der Waals surface area (Å²) in [5.41, 5.74) is 11.4. The van der Waals surface area contributed by atoms with E-state index >= 15 is 0 Å². The van der Waals surface area contributed by atoms with Gasteiger partial charge in [0.05, 0.1) is 33.7 Å². The molecule has 210 valence electrons.